The van der Waals surface area contributed by atoms with Gasteiger partial charge in [0, 0.05) is 0 Å². The smallest absolute Gasteiger partial charge is 0.0771 e. The third-order valence-electron chi connectivity index (χ3n) is 4.76. The molecule has 1 aliphatic rings. The molecule has 1 unspecified atom stereocenters. The van der Waals surface area contributed by atoms with Crippen molar-refractivity contribution in [1.29, 1.82) is 0 Å². The van der Waals surface area contributed by atoms with Crippen LogP contribution in [-0.4, -0.2) is 7.63 Å². The molecule has 0 heterocycles. The fourth-order valence-electron chi connectivity index (χ4n) is 3.07. The Hall–Kier alpha value is -0.409. The summed E-state index contributed by atoms with van der Waals surface area (Å²) >= 11 is -0.222. The molecule has 5 heteroatoms. The molecule has 29 heavy (non-hydrogen) atoms. The third-order valence-corrected chi connectivity index (χ3v) is 4.76. The van der Waals surface area contributed by atoms with Gasteiger partial charge in [-0.15, -0.1) is 71.5 Å². The van der Waals surface area contributed by atoms with Crippen LogP contribution in [0.3, 0.4) is 0 Å². The molecular formula is C24H29Cl3SiTi-3. The number of halogens is 3. The molecule has 0 spiro atoms. The van der Waals surface area contributed by atoms with Crippen molar-refractivity contribution >= 4 is 63.3 Å². The van der Waals surface area contributed by atoms with Crippen LogP contribution in [0.25, 0.3) is 21.5 Å². The van der Waals surface area contributed by atoms with Crippen molar-refractivity contribution in [3.8, 4) is 0 Å². The average molecular weight is 500 g/mol. The van der Waals surface area contributed by atoms with Crippen LogP contribution in [0.15, 0.2) is 71.3 Å². The average Bonchev–Trinajstić information content (AvgIpc) is 3.17. The van der Waals surface area contributed by atoms with Crippen LogP contribution in [-0.2, 0) is 16.8 Å². The summed E-state index contributed by atoms with van der Waals surface area (Å²) in [6.45, 7) is 13.7. The Bertz CT molecular complexity index is 891. The van der Waals surface area contributed by atoms with E-state index in [4.69, 9.17) is 9.30 Å². The Morgan fingerprint density at radius 1 is 0.931 bits per heavy atom. The molecule has 0 bridgehead atoms. The summed E-state index contributed by atoms with van der Waals surface area (Å²) in [5.41, 5.74) is 4.25. The predicted molar refractivity (Wildman–Crippen MR) is 134 cm³/mol. The SMILES string of the molecule is CC1=[C-]C(C)C(C)=C1C.Cl.Cl.[CH2-]C.[Si]=[Ti][Cl].c1ccc2c(c1)[cH-]c1ccccc12. The zero-order valence-corrected chi connectivity index (χ0v) is 22.6. The van der Waals surface area contributed by atoms with E-state index in [1.54, 1.807) is 6.92 Å². The van der Waals surface area contributed by atoms with Gasteiger partial charge in [-0.05, 0) is 0 Å². The molecule has 0 nitrogen and oxygen atoms in total. The maximum absolute atomic E-state index is 5.04. The van der Waals surface area contributed by atoms with Gasteiger partial charge in [-0.2, -0.15) is 18.1 Å². The molecule has 2 radical (unpaired) electrons. The van der Waals surface area contributed by atoms with Crippen molar-refractivity contribution in [2.45, 2.75) is 34.6 Å². The van der Waals surface area contributed by atoms with Gasteiger partial charge in [0.2, 0.25) is 0 Å². The van der Waals surface area contributed by atoms with E-state index in [1.807, 2.05) is 0 Å². The summed E-state index contributed by atoms with van der Waals surface area (Å²) in [6, 6.07) is 19.3. The van der Waals surface area contributed by atoms with Crippen molar-refractivity contribution in [2.75, 3.05) is 0 Å². The topological polar surface area (TPSA) is 0 Å². The Morgan fingerprint density at radius 2 is 1.31 bits per heavy atom. The Kier molecular flexibility index (Phi) is 17.3. The molecule has 3 aromatic carbocycles. The van der Waals surface area contributed by atoms with Crippen molar-refractivity contribution in [3.05, 3.63) is 84.3 Å². The minimum atomic E-state index is -0.222. The second kappa shape index (κ2) is 16.3. The second-order valence-electron chi connectivity index (χ2n) is 6.21. The molecule has 4 rings (SSSR count). The van der Waals surface area contributed by atoms with Gasteiger partial charge in [0.05, 0.1) is 0 Å². The monoisotopic (exact) mass is 498 g/mol. The van der Waals surface area contributed by atoms with Crippen LogP contribution in [0.2, 0.25) is 0 Å². The maximum atomic E-state index is 5.04. The van der Waals surface area contributed by atoms with E-state index < -0.39 is 0 Å². The quantitative estimate of drug-likeness (QED) is 0.215. The normalized spacial score (nSPS) is 13.9. The van der Waals surface area contributed by atoms with Crippen molar-refractivity contribution in [2.24, 2.45) is 5.92 Å². The zero-order chi connectivity index (χ0) is 20.4. The van der Waals surface area contributed by atoms with E-state index >= 15 is 0 Å². The second-order valence-corrected chi connectivity index (χ2v) is 9.62. The molecular weight excluding hydrogens is 471 g/mol. The van der Waals surface area contributed by atoms with Gasteiger partial charge in [-0.25, -0.2) is 5.57 Å². The number of allylic oxidation sites excluding steroid dienone is 4. The number of rotatable bonds is 0. The first-order valence-corrected chi connectivity index (χ1v) is 14.0. The molecule has 0 N–H and O–H groups in total. The largest absolute Gasteiger partial charge is 0.126 e. The summed E-state index contributed by atoms with van der Waals surface area (Å²) in [4.78, 5) is 0. The molecule has 0 aromatic heterocycles. The number of hydrogen-bond donors (Lipinski definition) is 0. The van der Waals surface area contributed by atoms with Crippen LogP contribution >= 0.6 is 34.1 Å². The molecule has 0 saturated heterocycles. The molecule has 0 saturated carbocycles. The predicted octanol–water partition coefficient (Wildman–Crippen LogP) is 8.42. The van der Waals surface area contributed by atoms with Gasteiger partial charge in [0.15, 0.2) is 0 Å². The summed E-state index contributed by atoms with van der Waals surface area (Å²) in [5.74, 6) is 0.560. The van der Waals surface area contributed by atoms with E-state index in [0.29, 0.717) is 5.92 Å². The van der Waals surface area contributed by atoms with Gasteiger partial charge < -0.3 is 6.92 Å². The summed E-state index contributed by atoms with van der Waals surface area (Å²) < 4.78 is 0. The van der Waals surface area contributed by atoms with E-state index in [0.717, 1.165) is 0 Å². The molecule has 0 fully saturated rings. The van der Waals surface area contributed by atoms with Gasteiger partial charge in [0.25, 0.3) is 0 Å². The fraction of sp³-hybridized carbons (Fsp3) is 0.250. The molecule has 1 atom stereocenters. The molecule has 1 aliphatic carbocycles. The van der Waals surface area contributed by atoms with E-state index in [1.165, 1.54) is 38.3 Å². The standard InChI is InChI=1S/C13H9.C9H13.C2H5.3ClH.Si.Ti/c1-3-7-12-10(5-1)9-11-6-2-4-8-13(11)12;1-6-5-7(2)9(4)8(6)3;1-2;;;;;/h1-9H;6H,1-4H3;1H2,2H3;3*1H;;/q3*-1;;;;;+1/p-1. The summed E-state index contributed by atoms with van der Waals surface area (Å²) in [6.07, 6.45) is 3.36. The van der Waals surface area contributed by atoms with Crippen LogP contribution in [0.4, 0.5) is 0 Å². The van der Waals surface area contributed by atoms with Crippen LogP contribution < -0.4 is 0 Å². The number of hydrogen-bond acceptors (Lipinski definition) is 0. The summed E-state index contributed by atoms with van der Waals surface area (Å²) in [5, 5.41) is 5.39. The molecule has 3 aromatic rings. The van der Waals surface area contributed by atoms with E-state index in [2.05, 4.69) is 103 Å². The fourth-order valence-corrected chi connectivity index (χ4v) is 3.07. The van der Waals surface area contributed by atoms with Crippen LogP contribution in [0, 0.1) is 18.9 Å². The first-order valence-electron chi connectivity index (χ1n) is 9.03. The Balaban J connectivity index is 0. The number of fused-ring (bicyclic) bond motifs is 3. The molecule has 0 amide bonds. The van der Waals surface area contributed by atoms with Gasteiger partial charge in [-0.3, -0.25) is 6.08 Å². The summed E-state index contributed by atoms with van der Waals surface area (Å²) in [7, 11) is 8.11. The third kappa shape index (κ3) is 8.69. The molecule has 0 aliphatic heterocycles. The Labute approximate surface area is 203 Å². The van der Waals surface area contributed by atoms with E-state index in [9.17, 15) is 0 Å². The van der Waals surface area contributed by atoms with Crippen molar-refractivity contribution < 1.29 is 16.8 Å². The van der Waals surface area contributed by atoms with E-state index in [-0.39, 0.29) is 41.6 Å². The Morgan fingerprint density at radius 3 is 1.59 bits per heavy atom. The van der Waals surface area contributed by atoms with Crippen LogP contribution in [0.1, 0.15) is 34.6 Å². The first kappa shape index (κ1) is 30.8. The van der Waals surface area contributed by atoms with Gasteiger partial charge in [0.1, 0.15) is 0 Å². The zero-order valence-electron chi connectivity index (χ0n) is 17.7. The van der Waals surface area contributed by atoms with Crippen molar-refractivity contribution in [3.63, 3.8) is 0 Å². The van der Waals surface area contributed by atoms with Gasteiger partial charge >= 0.3 is 33.8 Å². The first-order chi connectivity index (χ1) is 13.0. The van der Waals surface area contributed by atoms with Crippen molar-refractivity contribution in [1.82, 2.24) is 0 Å². The maximum Gasteiger partial charge on any atom is -0.0771 e. The minimum absolute atomic E-state index is 0. The van der Waals surface area contributed by atoms with Crippen LogP contribution in [0.5, 0.6) is 0 Å². The number of benzene rings is 2. The molecule has 157 valence electrons. The minimum Gasteiger partial charge on any atom is -0.126 e. The van der Waals surface area contributed by atoms with Gasteiger partial charge in [-0.1, -0.05) is 63.1 Å².